The molecule has 0 aromatic rings. The number of hydrogen-bond acceptors (Lipinski definition) is 5. The van der Waals surface area contributed by atoms with Gasteiger partial charge in [0.25, 0.3) is 0 Å². The van der Waals surface area contributed by atoms with E-state index < -0.39 is 12.2 Å². The maximum Gasteiger partial charge on any atom is 0.306 e. The van der Waals surface area contributed by atoms with Crippen LogP contribution < -0.4 is 0 Å². The minimum atomic E-state index is -0.606. The van der Waals surface area contributed by atoms with Crippen molar-refractivity contribution in [1.82, 2.24) is 0 Å². The predicted octanol–water partition coefficient (Wildman–Crippen LogP) is 6.18. The average molecular weight is 487 g/mol. The minimum Gasteiger partial charge on any atom is -0.460 e. The zero-order chi connectivity index (χ0) is 25.7. The van der Waals surface area contributed by atoms with Gasteiger partial charge in [-0.3, -0.25) is 9.59 Å². The second-order valence-corrected chi connectivity index (χ2v) is 10.8. The van der Waals surface area contributed by atoms with Crippen LogP contribution in [0, 0.1) is 0 Å². The maximum absolute atomic E-state index is 12.4. The Morgan fingerprint density at radius 2 is 1.21 bits per heavy atom. The Kier molecular flexibility index (Phi) is 20.5. The molecule has 2 unspecified atom stereocenters. The number of rotatable bonds is 23. The molecule has 0 saturated carbocycles. The topological polar surface area (TPSA) is 72.8 Å². The highest BCUT2D eigenvalue weighted by Crippen LogP contribution is 2.18. The van der Waals surface area contributed by atoms with Crippen molar-refractivity contribution in [2.75, 3.05) is 34.3 Å². The highest BCUT2D eigenvalue weighted by molar-refractivity contribution is 5.72. The van der Waals surface area contributed by atoms with Gasteiger partial charge in [0.2, 0.25) is 0 Å². The molecule has 0 aliphatic heterocycles. The first-order chi connectivity index (χ1) is 16.2. The Bertz CT molecular complexity index is 504. The molecular weight excluding hydrogens is 430 g/mol. The third-order valence-electron chi connectivity index (χ3n) is 6.19. The maximum atomic E-state index is 12.4. The number of carbonyl (C=O) groups excluding carboxylic acids is 2. The number of nitrogens with zero attached hydrogens (tertiary/aromatic N) is 1. The quantitative estimate of drug-likeness (QED) is 0.106. The van der Waals surface area contributed by atoms with Crippen molar-refractivity contribution in [3.05, 3.63) is 0 Å². The molecule has 0 fully saturated rings. The molecule has 1 N–H and O–H groups in total. The molecular formula is C28H56NO5+. The highest BCUT2D eigenvalue weighted by atomic mass is 16.6. The van der Waals surface area contributed by atoms with Crippen molar-refractivity contribution < 1.29 is 28.7 Å². The molecule has 0 bridgehead atoms. The highest BCUT2D eigenvalue weighted by Gasteiger charge is 2.23. The number of aliphatic hydroxyl groups excluding tert-OH is 1. The summed E-state index contributed by atoms with van der Waals surface area (Å²) < 4.78 is 11.6. The van der Waals surface area contributed by atoms with Gasteiger partial charge in [0, 0.05) is 12.8 Å². The number of carbonyl (C=O) groups is 2. The normalized spacial score (nSPS) is 13.5. The summed E-state index contributed by atoms with van der Waals surface area (Å²) in [6, 6.07) is 0. The van der Waals surface area contributed by atoms with Crippen LogP contribution in [0.25, 0.3) is 0 Å². The number of unbranched alkanes of at least 4 members (excludes halogenated alkanes) is 10. The van der Waals surface area contributed by atoms with Crippen molar-refractivity contribution in [2.45, 2.75) is 135 Å². The van der Waals surface area contributed by atoms with Crippen LogP contribution >= 0.6 is 0 Å². The van der Waals surface area contributed by atoms with Crippen LogP contribution in [0.5, 0.6) is 0 Å². The van der Waals surface area contributed by atoms with Crippen LogP contribution in [0.3, 0.4) is 0 Å². The number of hydrogen-bond donors (Lipinski definition) is 1. The van der Waals surface area contributed by atoms with Gasteiger partial charge in [-0.05, 0) is 25.7 Å². The molecule has 6 heteroatoms. The molecule has 0 rings (SSSR count). The number of aliphatic hydroxyl groups is 1. The summed E-state index contributed by atoms with van der Waals surface area (Å²) in [6.45, 7) is 5.52. The van der Waals surface area contributed by atoms with E-state index in [9.17, 15) is 14.7 Å². The van der Waals surface area contributed by atoms with Crippen molar-refractivity contribution in [1.29, 1.82) is 0 Å². The lowest BCUT2D eigenvalue weighted by atomic mass is 9.99. The fourth-order valence-electron chi connectivity index (χ4n) is 3.89. The molecule has 2 atom stereocenters. The van der Waals surface area contributed by atoms with Gasteiger partial charge in [-0.25, -0.2) is 0 Å². The van der Waals surface area contributed by atoms with Crippen molar-refractivity contribution in [3.8, 4) is 0 Å². The Morgan fingerprint density at radius 3 is 1.79 bits per heavy atom. The third-order valence-corrected chi connectivity index (χ3v) is 6.19. The summed E-state index contributed by atoms with van der Waals surface area (Å²) in [7, 11) is 6.14. The Balaban J connectivity index is 4.18. The van der Waals surface area contributed by atoms with E-state index in [1.54, 1.807) is 0 Å². The Morgan fingerprint density at radius 1 is 0.706 bits per heavy atom. The first-order valence-electron chi connectivity index (χ1n) is 14.0. The van der Waals surface area contributed by atoms with Gasteiger partial charge in [0.15, 0.2) is 0 Å². The predicted molar refractivity (Wildman–Crippen MR) is 140 cm³/mol. The van der Waals surface area contributed by atoms with Gasteiger partial charge in [0.05, 0.1) is 27.2 Å². The lowest BCUT2D eigenvalue weighted by molar-refractivity contribution is -0.870. The first kappa shape index (κ1) is 32.9. The standard InChI is InChI=1S/C28H56NO5/c1-6-8-10-11-12-13-14-15-17-19-25(30)26(20-16-9-7-2)34-28(32)22-18-21-27(31)33-24-23-29(3,4)5/h25-26,30H,6-24H2,1-5H3/q+1. The first-order valence-corrected chi connectivity index (χ1v) is 14.0. The van der Waals surface area contributed by atoms with E-state index in [2.05, 4.69) is 13.8 Å². The lowest BCUT2D eigenvalue weighted by Crippen LogP contribution is -2.38. The molecule has 0 aromatic heterocycles. The smallest absolute Gasteiger partial charge is 0.306 e. The van der Waals surface area contributed by atoms with E-state index in [1.165, 1.54) is 44.9 Å². The number of quaternary nitrogens is 1. The Labute approximate surface area is 210 Å². The summed E-state index contributed by atoms with van der Waals surface area (Å²) in [4.78, 5) is 24.2. The largest absolute Gasteiger partial charge is 0.460 e. The number of ether oxygens (including phenoxy) is 2. The molecule has 0 aliphatic carbocycles. The van der Waals surface area contributed by atoms with E-state index in [1.807, 2.05) is 21.1 Å². The molecule has 0 saturated heterocycles. The van der Waals surface area contributed by atoms with Crippen molar-refractivity contribution >= 4 is 11.9 Å². The summed E-state index contributed by atoms with van der Waals surface area (Å²) >= 11 is 0. The molecule has 0 aromatic carbocycles. The molecule has 0 heterocycles. The molecule has 202 valence electrons. The summed E-state index contributed by atoms with van der Waals surface area (Å²) in [5.41, 5.74) is 0. The monoisotopic (exact) mass is 486 g/mol. The molecule has 0 spiro atoms. The summed E-state index contributed by atoms with van der Waals surface area (Å²) in [5.74, 6) is -0.599. The lowest BCUT2D eigenvalue weighted by Gasteiger charge is -2.23. The van der Waals surface area contributed by atoms with E-state index in [-0.39, 0.29) is 24.8 Å². The van der Waals surface area contributed by atoms with Gasteiger partial charge in [0.1, 0.15) is 19.3 Å². The molecule has 0 amide bonds. The third kappa shape index (κ3) is 21.4. The number of likely N-dealkylation sites (N-methyl/N-ethyl adjacent to an activating group) is 1. The zero-order valence-corrected chi connectivity index (χ0v) is 23.1. The van der Waals surface area contributed by atoms with E-state index in [0.717, 1.165) is 43.1 Å². The van der Waals surface area contributed by atoms with Gasteiger partial charge in [-0.15, -0.1) is 0 Å². The van der Waals surface area contributed by atoms with Crippen molar-refractivity contribution in [3.63, 3.8) is 0 Å². The molecule has 0 radical (unpaired) electrons. The van der Waals surface area contributed by atoms with Crippen LogP contribution in [0.2, 0.25) is 0 Å². The second kappa shape index (κ2) is 21.2. The average Bonchev–Trinajstić information content (AvgIpc) is 2.76. The van der Waals surface area contributed by atoms with Gasteiger partial charge in [-0.1, -0.05) is 84.5 Å². The fraction of sp³-hybridized carbons (Fsp3) is 0.929. The van der Waals surface area contributed by atoms with Gasteiger partial charge < -0.3 is 19.1 Å². The molecule has 6 nitrogen and oxygen atoms in total. The second-order valence-electron chi connectivity index (χ2n) is 10.8. The van der Waals surface area contributed by atoms with Crippen LogP contribution in [0.4, 0.5) is 0 Å². The SMILES string of the molecule is CCCCCCCCCCCC(O)C(CCCCC)OC(=O)CCCC(=O)OCC[N+](C)(C)C. The number of esters is 2. The Hall–Kier alpha value is -1.14. The minimum absolute atomic E-state index is 0.180. The fourth-order valence-corrected chi connectivity index (χ4v) is 3.89. The molecule has 34 heavy (non-hydrogen) atoms. The van der Waals surface area contributed by atoms with Gasteiger partial charge >= 0.3 is 11.9 Å². The van der Waals surface area contributed by atoms with Crippen LogP contribution in [-0.2, 0) is 19.1 Å². The van der Waals surface area contributed by atoms with Crippen LogP contribution in [0.1, 0.15) is 123 Å². The summed E-state index contributed by atoms with van der Waals surface area (Å²) in [6.07, 6.45) is 15.4. The van der Waals surface area contributed by atoms with E-state index in [0.29, 0.717) is 25.9 Å². The van der Waals surface area contributed by atoms with Crippen LogP contribution in [-0.4, -0.2) is 68.0 Å². The van der Waals surface area contributed by atoms with Crippen LogP contribution in [0.15, 0.2) is 0 Å². The van der Waals surface area contributed by atoms with Gasteiger partial charge in [-0.2, -0.15) is 0 Å². The van der Waals surface area contributed by atoms with E-state index in [4.69, 9.17) is 9.47 Å². The van der Waals surface area contributed by atoms with E-state index >= 15 is 0 Å². The molecule has 0 aliphatic rings. The summed E-state index contributed by atoms with van der Waals surface area (Å²) in [5, 5.41) is 10.7. The zero-order valence-electron chi connectivity index (χ0n) is 23.1. The van der Waals surface area contributed by atoms with Crippen molar-refractivity contribution in [2.24, 2.45) is 0 Å².